The Balaban J connectivity index is 3.02. The molecule has 0 bridgehead atoms. The van der Waals surface area contributed by atoms with E-state index in [4.69, 9.17) is 5.41 Å². The normalized spacial score (nSPS) is 10.6. The molecule has 1 aromatic carbocycles. The molecule has 110 valence electrons. The average Bonchev–Trinajstić information content (AvgIpc) is 2.42. The molecule has 0 spiro atoms. The highest BCUT2D eigenvalue weighted by molar-refractivity contribution is 6.00. The summed E-state index contributed by atoms with van der Waals surface area (Å²) in [6.45, 7) is 12.9. The Morgan fingerprint density at radius 2 is 1.50 bits per heavy atom. The van der Waals surface area contributed by atoms with Crippen molar-refractivity contribution in [2.45, 2.75) is 66.2 Å². The highest BCUT2D eigenvalue weighted by atomic mass is 14.4. The standard InChI is InChI=1S/C19H29N/c1-6-8-10-14(3)17-13-18(16(5)12-15(17)4)19(20)11-9-7-2/h12-13,20H,3,6-11H2,1-2,4-5H3. The van der Waals surface area contributed by atoms with Gasteiger partial charge in [-0.2, -0.15) is 0 Å². The van der Waals surface area contributed by atoms with E-state index in [1.54, 1.807) is 0 Å². The van der Waals surface area contributed by atoms with Gasteiger partial charge in [0.1, 0.15) is 0 Å². The molecule has 0 aliphatic carbocycles. The molecule has 20 heavy (non-hydrogen) atoms. The van der Waals surface area contributed by atoms with Crippen LogP contribution in [0.25, 0.3) is 5.57 Å². The van der Waals surface area contributed by atoms with Gasteiger partial charge in [-0.25, -0.2) is 0 Å². The Bertz CT molecular complexity index is 442. The van der Waals surface area contributed by atoms with Crippen LogP contribution in [0.15, 0.2) is 18.7 Å². The van der Waals surface area contributed by atoms with Crippen LogP contribution in [-0.2, 0) is 0 Å². The highest BCUT2D eigenvalue weighted by Crippen LogP contribution is 2.26. The maximum atomic E-state index is 8.29. The summed E-state index contributed by atoms with van der Waals surface area (Å²) >= 11 is 0. The summed E-state index contributed by atoms with van der Waals surface area (Å²) in [5.74, 6) is 0. The molecule has 0 saturated carbocycles. The van der Waals surface area contributed by atoms with E-state index in [0.29, 0.717) is 0 Å². The van der Waals surface area contributed by atoms with E-state index in [1.165, 1.54) is 35.1 Å². The van der Waals surface area contributed by atoms with Gasteiger partial charge in [0.15, 0.2) is 0 Å². The Kier molecular flexibility index (Phi) is 6.70. The fourth-order valence-corrected chi connectivity index (χ4v) is 2.57. The first-order chi connectivity index (χ1) is 9.51. The summed E-state index contributed by atoms with van der Waals surface area (Å²) in [5, 5.41) is 8.29. The molecule has 0 fully saturated rings. The molecule has 0 aliphatic rings. The van der Waals surface area contributed by atoms with Crippen LogP contribution in [0.1, 0.15) is 74.6 Å². The molecule has 0 aliphatic heterocycles. The van der Waals surface area contributed by atoms with Crippen LogP contribution in [0.5, 0.6) is 0 Å². The maximum Gasteiger partial charge on any atom is 0.0389 e. The third kappa shape index (κ3) is 4.33. The van der Waals surface area contributed by atoms with Gasteiger partial charge in [0.2, 0.25) is 0 Å². The fraction of sp³-hybridized carbons (Fsp3) is 0.526. The van der Waals surface area contributed by atoms with E-state index in [-0.39, 0.29) is 0 Å². The van der Waals surface area contributed by atoms with Gasteiger partial charge in [-0.15, -0.1) is 0 Å². The van der Waals surface area contributed by atoms with E-state index >= 15 is 0 Å². The van der Waals surface area contributed by atoms with Crippen molar-refractivity contribution in [1.82, 2.24) is 0 Å². The van der Waals surface area contributed by atoms with Crippen molar-refractivity contribution in [3.8, 4) is 0 Å². The van der Waals surface area contributed by atoms with E-state index in [1.807, 2.05) is 0 Å². The molecule has 0 saturated heterocycles. The van der Waals surface area contributed by atoms with Crippen LogP contribution in [-0.4, -0.2) is 5.71 Å². The van der Waals surface area contributed by atoms with Crippen molar-refractivity contribution in [1.29, 1.82) is 5.41 Å². The van der Waals surface area contributed by atoms with E-state index in [2.05, 4.69) is 46.4 Å². The second-order valence-corrected chi connectivity index (χ2v) is 5.77. The van der Waals surface area contributed by atoms with Gasteiger partial charge in [0.25, 0.3) is 0 Å². The number of hydrogen-bond acceptors (Lipinski definition) is 1. The summed E-state index contributed by atoms with van der Waals surface area (Å²) in [6, 6.07) is 4.41. The lowest BCUT2D eigenvalue weighted by Gasteiger charge is -2.15. The first-order valence-electron chi connectivity index (χ1n) is 7.88. The van der Waals surface area contributed by atoms with E-state index in [9.17, 15) is 0 Å². The summed E-state index contributed by atoms with van der Waals surface area (Å²) in [6.07, 6.45) is 6.56. The summed E-state index contributed by atoms with van der Waals surface area (Å²) in [4.78, 5) is 0. The minimum Gasteiger partial charge on any atom is -0.305 e. The number of benzene rings is 1. The van der Waals surface area contributed by atoms with Crippen LogP contribution in [0.3, 0.4) is 0 Å². The molecule has 0 radical (unpaired) electrons. The Labute approximate surface area is 124 Å². The van der Waals surface area contributed by atoms with E-state index < -0.39 is 0 Å². The van der Waals surface area contributed by atoms with Crippen LogP contribution < -0.4 is 0 Å². The second-order valence-electron chi connectivity index (χ2n) is 5.77. The number of hydrogen-bond donors (Lipinski definition) is 1. The molecule has 0 amide bonds. The predicted octanol–water partition coefficient (Wildman–Crippen LogP) is 6.06. The zero-order valence-corrected chi connectivity index (χ0v) is 13.6. The molecule has 0 heterocycles. The van der Waals surface area contributed by atoms with Crippen LogP contribution >= 0.6 is 0 Å². The molecule has 1 heteroatoms. The van der Waals surface area contributed by atoms with Crippen molar-refractivity contribution in [3.05, 3.63) is 41.0 Å². The molecule has 0 atom stereocenters. The topological polar surface area (TPSA) is 23.9 Å². The van der Waals surface area contributed by atoms with Crippen LogP contribution in [0.4, 0.5) is 0 Å². The smallest absolute Gasteiger partial charge is 0.0389 e. The molecule has 1 aromatic rings. The first kappa shape index (κ1) is 16.7. The maximum absolute atomic E-state index is 8.29. The average molecular weight is 271 g/mol. The number of aryl methyl sites for hydroxylation is 2. The van der Waals surface area contributed by atoms with Gasteiger partial charge >= 0.3 is 0 Å². The summed E-state index contributed by atoms with van der Waals surface area (Å²) < 4.78 is 0. The van der Waals surface area contributed by atoms with Gasteiger partial charge in [-0.05, 0) is 73.4 Å². The van der Waals surface area contributed by atoms with Crippen molar-refractivity contribution in [3.63, 3.8) is 0 Å². The third-order valence-corrected chi connectivity index (χ3v) is 3.89. The SMILES string of the molecule is C=C(CCCC)c1cc(C(=N)CCCC)c(C)cc1C. The number of unbranched alkanes of at least 4 members (excludes halogenated alkanes) is 2. The van der Waals surface area contributed by atoms with Crippen molar-refractivity contribution >= 4 is 11.3 Å². The van der Waals surface area contributed by atoms with Gasteiger partial charge in [-0.1, -0.05) is 39.3 Å². The molecule has 0 unspecified atom stereocenters. The number of allylic oxidation sites excluding steroid dienone is 1. The van der Waals surface area contributed by atoms with Crippen molar-refractivity contribution in [2.75, 3.05) is 0 Å². The Morgan fingerprint density at radius 1 is 0.950 bits per heavy atom. The zero-order chi connectivity index (χ0) is 15.1. The predicted molar refractivity (Wildman–Crippen MR) is 90.8 cm³/mol. The van der Waals surface area contributed by atoms with Gasteiger partial charge < -0.3 is 5.41 Å². The zero-order valence-electron chi connectivity index (χ0n) is 13.6. The largest absolute Gasteiger partial charge is 0.305 e. The van der Waals surface area contributed by atoms with Gasteiger partial charge in [0, 0.05) is 5.71 Å². The van der Waals surface area contributed by atoms with E-state index in [0.717, 1.165) is 37.0 Å². The minimum atomic E-state index is 0.772. The molecule has 0 aromatic heterocycles. The van der Waals surface area contributed by atoms with Crippen LogP contribution in [0, 0.1) is 19.3 Å². The first-order valence-corrected chi connectivity index (χ1v) is 7.88. The molecule has 1 nitrogen and oxygen atoms in total. The number of rotatable bonds is 8. The third-order valence-electron chi connectivity index (χ3n) is 3.89. The highest BCUT2D eigenvalue weighted by Gasteiger charge is 2.10. The number of nitrogens with one attached hydrogen (secondary N) is 1. The summed E-state index contributed by atoms with van der Waals surface area (Å²) in [7, 11) is 0. The monoisotopic (exact) mass is 271 g/mol. The summed E-state index contributed by atoms with van der Waals surface area (Å²) in [5.41, 5.74) is 6.85. The second kappa shape index (κ2) is 8.04. The Hall–Kier alpha value is -1.37. The lowest BCUT2D eigenvalue weighted by molar-refractivity contribution is 0.824. The lowest BCUT2D eigenvalue weighted by Crippen LogP contribution is -2.04. The Morgan fingerprint density at radius 3 is 2.10 bits per heavy atom. The quantitative estimate of drug-likeness (QED) is 0.555. The molecule has 1 N–H and O–H groups in total. The van der Waals surface area contributed by atoms with Crippen molar-refractivity contribution < 1.29 is 0 Å². The fourth-order valence-electron chi connectivity index (χ4n) is 2.57. The van der Waals surface area contributed by atoms with Gasteiger partial charge in [0.05, 0.1) is 0 Å². The van der Waals surface area contributed by atoms with Crippen LogP contribution in [0.2, 0.25) is 0 Å². The molecular weight excluding hydrogens is 242 g/mol. The van der Waals surface area contributed by atoms with Gasteiger partial charge in [-0.3, -0.25) is 0 Å². The lowest BCUT2D eigenvalue weighted by atomic mass is 9.90. The molecule has 1 rings (SSSR count). The minimum absolute atomic E-state index is 0.772. The molecular formula is C19H29N. The van der Waals surface area contributed by atoms with Crippen molar-refractivity contribution in [2.24, 2.45) is 0 Å².